The predicted molar refractivity (Wildman–Crippen MR) is 90.5 cm³/mol. The molecule has 0 aromatic carbocycles. The number of rotatable bonds is 9. The summed E-state index contributed by atoms with van der Waals surface area (Å²) in [6.45, 7) is -0.156. The zero-order chi connectivity index (χ0) is 21.2. The van der Waals surface area contributed by atoms with E-state index < -0.39 is 45.7 Å². The molecule has 2 fully saturated rings. The molecule has 0 heterocycles. The zero-order valence-electron chi connectivity index (χ0n) is 15.4. The first-order chi connectivity index (χ1) is 12.8. The van der Waals surface area contributed by atoms with E-state index in [1.807, 2.05) is 0 Å². The summed E-state index contributed by atoms with van der Waals surface area (Å²) in [6.07, 6.45) is 3.64. The first-order valence-corrected chi connectivity index (χ1v) is 10.8. The molecule has 0 aliphatic heterocycles. The Kier molecular flexibility index (Phi) is 7.03. The second-order valence-corrected chi connectivity index (χ2v) is 9.51. The van der Waals surface area contributed by atoms with E-state index in [0.29, 0.717) is 37.5 Å². The minimum atomic E-state index is -6.32. The molecule has 0 spiro atoms. The van der Waals surface area contributed by atoms with Crippen molar-refractivity contribution in [2.45, 2.75) is 81.0 Å². The summed E-state index contributed by atoms with van der Waals surface area (Å²) in [5.74, 6) is -5.31. The Morgan fingerprint density at radius 1 is 1.14 bits per heavy atom. The van der Waals surface area contributed by atoms with Gasteiger partial charge in [0.25, 0.3) is 0 Å². The number of ether oxygens (including phenoxy) is 1. The topological polar surface area (TPSA) is 101 Å². The van der Waals surface area contributed by atoms with Gasteiger partial charge in [-0.3, -0.25) is 9.35 Å². The van der Waals surface area contributed by atoms with Gasteiger partial charge in [-0.2, -0.15) is 26.0 Å². The largest absolute Gasteiger partial charge is 0.466 e. The van der Waals surface area contributed by atoms with Gasteiger partial charge in [-0.1, -0.05) is 19.3 Å². The molecule has 28 heavy (non-hydrogen) atoms. The quantitative estimate of drug-likeness (QED) is 0.249. The van der Waals surface area contributed by atoms with Crippen molar-refractivity contribution in [2.75, 3.05) is 6.61 Å². The van der Waals surface area contributed by atoms with Crippen molar-refractivity contribution in [3.05, 3.63) is 0 Å². The minimum absolute atomic E-state index is 0.156. The molecule has 2 N–H and O–H groups in total. The van der Waals surface area contributed by atoms with Crippen LogP contribution in [-0.2, 0) is 19.6 Å². The van der Waals surface area contributed by atoms with Crippen molar-refractivity contribution in [1.29, 1.82) is 0 Å². The van der Waals surface area contributed by atoms with Crippen LogP contribution in [0.3, 0.4) is 0 Å². The van der Waals surface area contributed by atoms with Crippen molar-refractivity contribution in [3.63, 3.8) is 0 Å². The van der Waals surface area contributed by atoms with E-state index in [4.69, 9.17) is 9.29 Å². The monoisotopic (exact) mass is 434 g/mol. The van der Waals surface area contributed by atoms with E-state index in [1.54, 1.807) is 0 Å². The standard InChI is InChI=1S/C17H26F4O6S/c18-16(19,17(20,21)28(24,25)26)7-5-14(22)27-8-2-6-15(23)10-12-3-1-4-13(9-12)11-15/h12-13,23H,1-11H2,(H,24,25,26). The van der Waals surface area contributed by atoms with E-state index >= 15 is 0 Å². The Bertz CT molecular complexity index is 655. The number of esters is 1. The smallest absolute Gasteiger partial charge is 0.431 e. The van der Waals surface area contributed by atoms with Crippen LogP contribution in [-0.4, -0.2) is 47.4 Å². The SMILES string of the molecule is O=C(CCC(F)(F)C(F)(F)S(=O)(=O)O)OCCCC1(O)CC2CCCC(C2)C1. The molecule has 2 aliphatic carbocycles. The molecule has 164 valence electrons. The van der Waals surface area contributed by atoms with Crippen molar-refractivity contribution < 1.29 is 45.2 Å². The third-order valence-electron chi connectivity index (χ3n) is 5.67. The van der Waals surface area contributed by atoms with Gasteiger partial charge in [-0.05, 0) is 43.9 Å². The average molecular weight is 434 g/mol. The van der Waals surface area contributed by atoms with Crippen LogP contribution in [0.1, 0.15) is 64.2 Å². The molecule has 2 unspecified atom stereocenters. The molecule has 6 nitrogen and oxygen atoms in total. The Balaban J connectivity index is 1.71. The molecule has 0 radical (unpaired) electrons. The molecule has 0 aromatic heterocycles. The highest BCUT2D eigenvalue weighted by Gasteiger charge is 2.65. The Hall–Kier alpha value is -0.940. The zero-order valence-corrected chi connectivity index (χ0v) is 16.2. The Labute approximate surface area is 161 Å². The second-order valence-electron chi connectivity index (χ2n) is 8.05. The van der Waals surface area contributed by atoms with Gasteiger partial charge in [0.15, 0.2) is 0 Å². The summed E-state index contributed by atoms with van der Waals surface area (Å²) < 4.78 is 86.5. The first-order valence-electron chi connectivity index (χ1n) is 9.36. The van der Waals surface area contributed by atoms with Crippen LogP contribution in [0, 0.1) is 11.8 Å². The summed E-state index contributed by atoms with van der Waals surface area (Å²) in [7, 11) is -6.32. The van der Waals surface area contributed by atoms with Crippen LogP contribution in [0.2, 0.25) is 0 Å². The molecule has 0 amide bonds. The van der Waals surface area contributed by atoms with Gasteiger partial charge < -0.3 is 9.84 Å². The predicted octanol–water partition coefficient (Wildman–Crippen LogP) is 3.54. The Morgan fingerprint density at radius 3 is 2.25 bits per heavy atom. The van der Waals surface area contributed by atoms with Crippen LogP contribution < -0.4 is 0 Å². The van der Waals surface area contributed by atoms with Gasteiger partial charge in [0.1, 0.15) is 0 Å². The summed E-state index contributed by atoms with van der Waals surface area (Å²) in [5, 5.41) is 5.02. The van der Waals surface area contributed by atoms with E-state index in [1.165, 1.54) is 6.42 Å². The Morgan fingerprint density at radius 2 is 1.71 bits per heavy atom. The molecular formula is C17H26F4O6S. The van der Waals surface area contributed by atoms with Crippen LogP contribution in [0.5, 0.6) is 0 Å². The highest BCUT2D eigenvalue weighted by molar-refractivity contribution is 7.87. The lowest BCUT2D eigenvalue weighted by atomic mass is 9.65. The van der Waals surface area contributed by atoms with Crippen LogP contribution in [0.4, 0.5) is 17.6 Å². The fourth-order valence-corrected chi connectivity index (χ4v) is 4.87. The van der Waals surface area contributed by atoms with Gasteiger partial charge in [-0.15, -0.1) is 0 Å². The molecule has 2 aliphatic rings. The third kappa shape index (κ3) is 5.56. The number of carbonyl (C=O) groups is 1. The van der Waals surface area contributed by atoms with Crippen LogP contribution in [0.25, 0.3) is 0 Å². The number of carbonyl (C=O) groups excluding carboxylic acids is 1. The number of fused-ring (bicyclic) bond motifs is 2. The molecule has 2 saturated carbocycles. The maximum atomic E-state index is 13.3. The van der Waals surface area contributed by atoms with E-state index in [2.05, 4.69) is 0 Å². The van der Waals surface area contributed by atoms with Gasteiger partial charge in [0.2, 0.25) is 0 Å². The average Bonchev–Trinajstić information content (AvgIpc) is 2.55. The number of hydrogen-bond donors (Lipinski definition) is 2. The van der Waals surface area contributed by atoms with Crippen LogP contribution in [0.15, 0.2) is 0 Å². The third-order valence-corrected chi connectivity index (χ3v) is 6.62. The van der Waals surface area contributed by atoms with Crippen molar-refractivity contribution in [3.8, 4) is 0 Å². The molecule has 0 aromatic rings. The maximum Gasteiger partial charge on any atom is 0.431 e. The minimum Gasteiger partial charge on any atom is -0.466 e. The maximum absolute atomic E-state index is 13.3. The molecular weight excluding hydrogens is 408 g/mol. The summed E-state index contributed by atoms with van der Waals surface area (Å²) in [6, 6.07) is 0. The highest BCUT2D eigenvalue weighted by atomic mass is 32.2. The fourth-order valence-electron chi connectivity index (χ4n) is 4.39. The van der Waals surface area contributed by atoms with E-state index in [9.17, 15) is 35.9 Å². The van der Waals surface area contributed by atoms with Gasteiger partial charge in [0.05, 0.1) is 18.6 Å². The molecule has 2 rings (SSSR count). The lowest BCUT2D eigenvalue weighted by molar-refractivity contribution is -0.171. The lowest BCUT2D eigenvalue weighted by Gasteiger charge is -2.44. The normalized spacial score (nSPS) is 28.8. The molecule has 2 bridgehead atoms. The van der Waals surface area contributed by atoms with Crippen molar-refractivity contribution >= 4 is 16.1 Å². The number of halogens is 4. The first kappa shape index (κ1) is 23.3. The summed E-state index contributed by atoms with van der Waals surface area (Å²) >= 11 is 0. The van der Waals surface area contributed by atoms with Crippen LogP contribution >= 0.6 is 0 Å². The number of aliphatic hydroxyl groups is 1. The van der Waals surface area contributed by atoms with Crippen molar-refractivity contribution in [1.82, 2.24) is 0 Å². The fraction of sp³-hybridized carbons (Fsp3) is 0.941. The van der Waals surface area contributed by atoms with E-state index in [0.717, 1.165) is 19.3 Å². The molecule has 0 saturated heterocycles. The number of hydrogen-bond acceptors (Lipinski definition) is 5. The van der Waals surface area contributed by atoms with Crippen molar-refractivity contribution in [2.24, 2.45) is 11.8 Å². The van der Waals surface area contributed by atoms with Gasteiger partial charge in [-0.25, -0.2) is 0 Å². The summed E-state index contributed by atoms with van der Waals surface area (Å²) in [5.41, 5.74) is -0.828. The second kappa shape index (κ2) is 8.43. The lowest BCUT2D eigenvalue weighted by Crippen LogP contribution is -2.47. The van der Waals surface area contributed by atoms with Gasteiger partial charge >= 0.3 is 27.3 Å². The summed E-state index contributed by atoms with van der Waals surface area (Å²) in [4.78, 5) is 11.5. The van der Waals surface area contributed by atoms with Gasteiger partial charge in [0, 0.05) is 6.42 Å². The number of alkyl halides is 4. The molecule has 11 heteroatoms. The van der Waals surface area contributed by atoms with E-state index in [-0.39, 0.29) is 6.61 Å². The highest BCUT2D eigenvalue weighted by Crippen LogP contribution is 2.46. The molecule has 2 atom stereocenters.